The molecule has 10 atom stereocenters. The lowest BCUT2D eigenvalue weighted by Crippen LogP contribution is -2.56. The lowest BCUT2D eigenvalue weighted by Gasteiger charge is -2.62. The zero-order valence-corrected chi connectivity index (χ0v) is 22.7. The second kappa shape index (κ2) is 9.61. The maximum atomic E-state index is 10.9. The van der Waals surface area contributed by atoms with E-state index >= 15 is 0 Å². The zero-order chi connectivity index (χ0) is 24.0. The van der Waals surface area contributed by atoms with E-state index in [2.05, 4.69) is 39.8 Å². The molecule has 0 aromatic heterocycles. The van der Waals surface area contributed by atoms with Gasteiger partial charge in [-0.15, -0.1) is 0 Å². The van der Waals surface area contributed by atoms with Crippen LogP contribution < -0.4 is 0 Å². The Morgan fingerprint density at radius 3 is 2.30 bits per heavy atom. The van der Waals surface area contributed by atoms with Crippen molar-refractivity contribution in [1.82, 2.24) is 0 Å². The summed E-state index contributed by atoms with van der Waals surface area (Å²) in [5.41, 5.74) is 0.440. The third-order valence-corrected chi connectivity index (χ3v) is 11.8. The van der Waals surface area contributed by atoms with Crippen LogP contribution in [-0.2, 0) is 0 Å². The van der Waals surface area contributed by atoms with Gasteiger partial charge in [0.15, 0.2) is 0 Å². The molecule has 0 bridgehead atoms. The lowest BCUT2D eigenvalue weighted by atomic mass is 9.43. The van der Waals surface area contributed by atoms with Crippen molar-refractivity contribution in [3.63, 3.8) is 0 Å². The minimum Gasteiger partial charge on any atom is -0.393 e. The predicted octanol–water partition coefficient (Wildman–Crippen LogP) is 7.78. The van der Waals surface area contributed by atoms with Gasteiger partial charge >= 0.3 is 0 Å². The van der Waals surface area contributed by atoms with Crippen LogP contribution in [0.1, 0.15) is 119 Å². The molecule has 0 heterocycles. The van der Waals surface area contributed by atoms with Crippen LogP contribution in [0.4, 0.5) is 0 Å². The first-order chi connectivity index (χ1) is 15.5. The Kier molecular flexibility index (Phi) is 7.49. The molecule has 0 saturated heterocycles. The van der Waals surface area contributed by atoms with Gasteiger partial charge in [-0.3, -0.25) is 0 Å². The van der Waals surface area contributed by atoms with E-state index in [-0.39, 0.29) is 6.10 Å². The molecule has 0 aliphatic heterocycles. The topological polar surface area (TPSA) is 40.5 Å². The van der Waals surface area contributed by atoms with Gasteiger partial charge in [0.2, 0.25) is 0 Å². The number of aliphatic hydroxyl groups excluding tert-OH is 1. The summed E-state index contributed by atoms with van der Waals surface area (Å²) in [6.07, 6.45) is 19.5. The molecule has 4 saturated carbocycles. The lowest BCUT2D eigenvalue weighted by molar-refractivity contribution is -0.152. The molecule has 2 heteroatoms. The van der Waals surface area contributed by atoms with Gasteiger partial charge in [0.05, 0.1) is 11.7 Å². The van der Waals surface area contributed by atoms with Crippen molar-refractivity contribution < 1.29 is 10.2 Å². The summed E-state index contributed by atoms with van der Waals surface area (Å²) in [6.45, 7) is 13.9. The van der Waals surface area contributed by atoms with Gasteiger partial charge in [-0.2, -0.15) is 0 Å². The van der Waals surface area contributed by atoms with E-state index in [0.717, 1.165) is 55.3 Å². The van der Waals surface area contributed by atoms with Gasteiger partial charge in [0.25, 0.3) is 0 Å². The summed E-state index contributed by atoms with van der Waals surface area (Å²) in [5.74, 6) is 5.53. The molecule has 2 nitrogen and oxygen atoms in total. The molecule has 4 aliphatic rings. The smallest absolute Gasteiger partial charge is 0.0591 e. The molecule has 4 aliphatic carbocycles. The fourth-order valence-corrected chi connectivity index (χ4v) is 10.1. The maximum Gasteiger partial charge on any atom is 0.0591 e. The Labute approximate surface area is 205 Å². The number of hydrogen-bond acceptors (Lipinski definition) is 2. The number of aliphatic hydroxyl groups is 2. The molecule has 0 amide bonds. The molecular formula is C31H54O2. The Balaban J connectivity index is 1.47. The molecule has 4 fully saturated rings. The average Bonchev–Trinajstić information content (AvgIpc) is 3.10. The summed E-state index contributed by atoms with van der Waals surface area (Å²) < 4.78 is 0. The van der Waals surface area contributed by atoms with E-state index < -0.39 is 5.60 Å². The van der Waals surface area contributed by atoms with Gasteiger partial charge in [-0.05, 0) is 137 Å². The van der Waals surface area contributed by atoms with Gasteiger partial charge in [0, 0.05) is 0 Å². The highest BCUT2D eigenvalue weighted by Crippen LogP contribution is 2.69. The third-order valence-electron chi connectivity index (χ3n) is 11.8. The zero-order valence-electron chi connectivity index (χ0n) is 22.7. The highest BCUT2D eigenvalue weighted by atomic mass is 16.3. The first-order valence-electron chi connectivity index (χ1n) is 14.5. The predicted molar refractivity (Wildman–Crippen MR) is 139 cm³/mol. The third kappa shape index (κ3) is 4.74. The summed E-state index contributed by atoms with van der Waals surface area (Å²) in [5, 5.41) is 21.0. The monoisotopic (exact) mass is 458 g/mol. The molecule has 190 valence electrons. The maximum absolute atomic E-state index is 10.9. The number of fused-ring (bicyclic) bond motifs is 5. The van der Waals surface area contributed by atoms with Crippen LogP contribution in [0.25, 0.3) is 0 Å². The van der Waals surface area contributed by atoms with Crippen molar-refractivity contribution in [2.24, 2.45) is 52.3 Å². The van der Waals surface area contributed by atoms with Crippen molar-refractivity contribution >= 4 is 0 Å². The molecule has 0 aromatic carbocycles. The number of allylic oxidation sites excluding steroid dienone is 2. The molecule has 0 unspecified atom stereocenters. The van der Waals surface area contributed by atoms with Crippen molar-refractivity contribution in [3.8, 4) is 0 Å². The van der Waals surface area contributed by atoms with Crippen molar-refractivity contribution in [3.05, 3.63) is 12.2 Å². The Bertz CT molecular complexity index is 692. The minimum atomic E-state index is -0.521. The van der Waals surface area contributed by atoms with Gasteiger partial charge < -0.3 is 10.2 Å². The van der Waals surface area contributed by atoms with E-state index in [1.54, 1.807) is 0 Å². The molecular weight excluding hydrogens is 404 g/mol. The van der Waals surface area contributed by atoms with E-state index in [4.69, 9.17) is 0 Å². The number of rotatable bonds is 7. The van der Waals surface area contributed by atoms with E-state index in [1.165, 1.54) is 51.4 Å². The van der Waals surface area contributed by atoms with Gasteiger partial charge in [-0.25, -0.2) is 0 Å². The van der Waals surface area contributed by atoms with E-state index in [1.807, 2.05) is 13.8 Å². The minimum absolute atomic E-state index is 0.0923. The second-order valence-corrected chi connectivity index (χ2v) is 14.1. The fourth-order valence-electron chi connectivity index (χ4n) is 10.1. The summed E-state index contributed by atoms with van der Waals surface area (Å²) in [4.78, 5) is 0. The van der Waals surface area contributed by atoms with Crippen LogP contribution in [0.15, 0.2) is 12.2 Å². The molecule has 2 N–H and O–H groups in total. The van der Waals surface area contributed by atoms with E-state index in [0.29, 0.717) is 22.7 Å². The summed E-state index contributed by atoms with van der Waals surface area (Å²) in [7, 11) is 0. The first kappa shape index (κ1) is 25.7. The SMILES string of the molecule is C/C=C/C[C@@H]1[C@H](O)CC[C@@]2(C)[C@H]1CC[C@@H]1[C@@H]2CC[C@]2(C)[C@@H]([C@H](C)CCCC(C)(C)O)CC[C@@H]12. The van der Waals surface area contributed by atoms with Gasteiger partial charge in [0.1, 0.15) is 0 Å². The van der Waals surface area contributed by atoms with Crippen molar-refractivity contribution in [1.29, 1.82) is 0 Å². The molecule has 0 spiro atoms. The average molecular weight is 459 g/mol. The highest BCUT2D eigenvalue weighted by Gasteiger charge is 2.61. The van der Waals surface area contributed by atoms with Crippen molar-refractivity contribution in [2.75, 3.05) is 0 Å². The Morgan fingerprint density at radius 2 is 1.61 bits per heavy atom. The summed E-state index contributed by atoms with van der Waals surface area (Å²) >= 11 is 0. The molecule has 0 aromatic rings. The second-order valence-electron chi connectivity index (χ2n) is 14.1. The standard InChI is InChI=1S/C31H54O2/c1-7-8-11-23-26-13-12-22-25-15-14-24(21(2)10-9-18-29(3,4)33)30(25,5)19-16-27(22)31(26,6)20-17-28(23)32/h7-8,21-28,32-33H,9-20H2,1-6H3/b8-7+/t21-,22+,23+,24-,25+,26+,27+,28-,30-,31+/m1/s1. The van der Waals surface area contributed by atoms with Crippen LogP contribution in [0.2, 0.25) is 0 Å². The Morgan fingerprint density at radius 1 is 0.939 bits per heavy atom. The molecule has 0 radical (unpaired) electrons. The largest absolute Gasteiger partial charge is 0.393 e. The van der Waals surface area contributed by atoms with E-state index in [9.17, 15) is 10.2 Å². The molecule has 33 heavy (non-hydrogen) atoms. The first-order valence-corrected chi connectivity index (χ1v) is 14.5. The van der Waals surface area contributed by atoms with Crippen LogP contribution in [0, 0.1) is 52.3 Å². The quantitative estimate of drug-likeness (QED) is 0.382. The Hall–Kier alpha value is -0.340. The highest BCUT2D eigenvalue weighted by molar-refractivity contribution is 5.11. The van der Waals surface area contributed by atoms with Crippen LogP contribution >= 0.6 is 0 Å². The summed E-state index contributed by atoms with van der Waals surface area (Å²) in [6, 6.07) is 0. The van der Waals surface area contributed by atoms with Crippen LogP contribution in [0.3, 0.4) is 0 Å². The molecule has 4 rings (SSSR count). The van der Waals surface area contributed by atoms with Crippen molar-refractivity contribution in [2.45, 2.75) is 130 Å². The van der Waals surface area contributed by atoms with Crippen LogP contribution in [0.5, 0.6) is 0 Å². The normalized spacial score (nSPS) is 46.6. The van der Waals surface area contributed by atoms with Crippen LogP contribution in [-0.4, -0.2) is 21.9 Å². The number of hydrogen-bond donors (Lipinski definition) is 2. The fraction of sp³-hybridized carbons (Fsp3) is 0.935. The van der Waals surface area contributed by atoms with Gasteiger partial charge in [-0.1, -0.05) is 45.8 Å².